The highest BCUT2D eigenvalue weighted by molar-refractivity contribution is 6.00. The van der Waals surface area contributed by atoms with Crippen LogP contribution in [0.1, 0.15) is 100 Å². The van der Waals surface area contributed by atoms with E-state index in [1.165, 1.54) is 20.1 Å². The van der Waals surface area contributed by atoms with Gasteiger partial charge >= 0.3 is 12.1 Å². The molecule has 1 N–H and O–H groups in total. The summed E-state index contributed by atoms with van der Waals surface area (Å²) in [6, 6.07) is 0.390. The van der Waals surface area contributed by atoms with E-state index in [2.05, 4.69) is 15.1 Å². The number of halogens is 1. The molecule has 16 nitrogen and oxygen atoms in total. The van der Waals surface area contributed by atoms with Crippen molar-refractivity contribution in [2.75, 3.05) is 34.9 Å². The predicted molar refractivity (Wildman–Crippen MR) is 228 cm³/mol. The molecule has 0 saturated carbocycles. The van der Waals surface area contributed by atoms with E-state index in [9.17, 15) is 23.9 Å². The van der Waals surface area contributed by atoms with Crippen LogP contribution in [0, 0.1) is 29.5 Å². The summed E-state index contributed by atoms with van der Waals surface area (Å²) in [5.74, 6) is -4.70. The molecule has 62 heavy (non-hydrogen) atoms. The van der Waals surface area contributed by atoms with Crippen molar-refractivity contribution in [3.63, 3.8) is 0 Å². The molecule has 346 valence electrons. The van der Waals surface area contributed by atoms with Crippen LogP contribution in [0.5, 0.6) is 0 Å². The highest BCUT2D eigenvalue weighted by Gasteiger charge is 2.60. The van der Waals surface area contributed by atoms with E-state index >= 15 is 0 Å². The number of aliphatic hydroxyl groups is 1. The highest BCUT2D eigenvalue weighted by Crippen LogP contribution is 2.43. The van der Waals surface area contributed by atoms with Gasteiger partial charge in [0.15, 0.2) is 17.7 Å². The van der Waals surface area contributed by atoms with Gasteiger partial charge in [-0.1, -0.05) is 32.9 Å². The number of ketones is 1. The van der Waals surface area contributed by atoms with Gasteiger partial charge in [0.25, 0.3) is 0 Å². The molecule has 5 rings (SSSR count). The molecule has 0 aromatic carbocycles. The maximum Gasteiger partial charge on any atom is 0.410 e. The summed E-state index contributed by atoms with van der Waals surface area (Å²) in [5.41, 5.74) is -0.808. The van der Waals surface area contributed by atoms with E-state index in [4.69, 9.17) is 28.5 Å². The first-order valence-corrected chi connectivity index (χ1v) is 21.9. The number of oxime groups is 1. The molecular formula is C45H69FN6O10. The number of fused-ring (bicyclic) bond motifs is 1. The Hall–Kier alpha value is -4.03. The summed E-state index contributed by atoms with van der Waals surface area (Å²) in [6.07, 6.45) is 3.68. The van der Waals surface area contributed by atoms with Crippen LogP contribution < -0.4 is 0 Å². The number of aliphatic hydroxyl groups excluding tert-OH is 1. The molecule has 3 saturated heterocycles. The van der Waals surface area contributed by atoms with E-state index in [-0.39, 0.29) is 36.9 Å². The lowest BCUT2D eigenvalue weighted by atomic mass is 9.73. The standard InChI is InChI=1S/C45H69FN6O10/c1-14-35-45(9)39(52(43(56)62-45)17-15-16-26(3)51-23-33(48-24-51)31-19-32(46)22-47-21-31)28(5)36(49-58-13)25(2)20-44(8,57-12)40(29(6)37(53)30(7)41(55)60-35)61-42-38(54)34(50(10)11)18-27(4)59-42/h19,21-30,34-35,38-40,42,54H,14-18,20H2,1-13H3/b49-36+/t25-,26-,27-,28+,29+,30-,34+,35-,38-,39-,40-,42?,44-,45-/m1/s1. The molecular weight excluding hydrogens is 804 g/mol. The molecule has 1 amide bonds. The molecule has 3 aliphatic rings. The maximum atomic E-state index is 14.5. The van der Waals surface area contributed by atoms with Gasteiger partial charge in [0.1, 0.15) is 31.1 Å². The van der Waals surface area contributed by atoms with Gasteiger partial charge in [0, 0.05) is 61.4 Å². The molecule has 14 atom stereocenters. The first kappa shape index (κ1) is 49.0. The van der Waals surface area contributed by atoms with Crippen LogP contribution in [-0.2, 0) is 38.1 Å². The number of likely N-dealkylation sites (N-methyl/N-ethyl adjacent to an activating group) is 1. The number of methoxy groups -OCH3 is 1. The van der Waals surface area contributed by atoms with Crippen molar-refractivity contribution in [2.45, 2.75) is 154 Å². The van der Waals surface area contributed by atoms with Gasteiger partial charge in [-0.3, -0.25) is 14.6 Å². The van der Waals surface area contributed by atoms with Crippen LogP contribution in [0.3, 0.4) is 0 Å². The summed E-state index contributed by atoms with van der Waals surface area (Å²) >= 11 is 0. The van der Waals surface area contributed by atoms with Crippen LogP contribution in [0.4, 0.5) is 9.18 Å². The Labute approximate surface area is 365 Å². The van der Waals surface area contributed by atoms with Gasteiger partial charge in [-0.05, 0) is 86.9 Å². The molecule has 2 aromatic heterocycles. The largest absolute Gasteiger partial charge is 0.458 e. The number of imidazole rings is 1. The van der Waals surface area contributed by atoms with Crippen molar-refractivity contribution in [2.24, 2.45) is 28.8 Å². The van der Waals surface area contributed by atoms with Crippen molar-refractivity contribution in [1.29, 1.82) is 0 Å². The minimum atomic E-state index is -1.36. The first-order valence-electron chi connectivity index (χ1n) is 21.9. The Kier molecular flexibility index (Phi) is 16.0. The Morgan fingerprint density at radius 1 is 1.10 bits per heavy atom. The third-order valence-corrected chi connectivity index (χ3v) is 13.5. The zero-order valence-corrected chi connectivity index (χ0v) is 38.7. The van der Waals surface area contributed by atoms with E-state index < -0.39 is 83.3 Å². The minimum absolute atomic E-state index is 0.0282. The quantitative estimate of drug-likeness (QED) is 0.148. The lowest BCUT2D eigenvalue weighted by molar-refractivity contribution is -0.295. The summed E-state index contributed by atoms with van der Waals surface area (Å²) in [7, 11) is 6.77. The van der Waals surface area contributed by atoms with Gasteiger partial charge < -0.3 is 48.0 Å². The van der Waals surface area contributed by atoms with Crippen molar-refractivity contribution >= 4 is 23.6 Å². The number of ether oxygens (including phenoxy) is 5. The highest BCUT2D eigenvalue weighted by atomic mass is 19.1. The number of amides is 1. The molecule has 0 spiro atoms. The topological polar surface area (TPSA) is 176 Å². The number of hydrogen-bond acceptors (Lipinski definition) is 14. The lowest BCUT2D eigenvalue weighted by Gasteiger charge is -2.47. The average molecular weight is 873 g/mol. The van der Waals surface area contributed by atoms with Crippen LogP contribution in [-0.4, -0.2) is 142 Å². The average Bonchev–Trinajstić information content (AvgIpc) is 3.83. The van der Waals surface area contributed by atoms with Crippen molar-refractivity contribution in [3.8, 4) is 11.3 Å². The van der Waals surface area contributed by atoms with E-state index in [1.807, 2.05) is 71.3 Å². The van der Waals surface area contributed by atoms with Crippen LogP contribution in [0.15, 0.2) is 36.1 Å². The van der Waals surface area contributed by atoms with Crippen molar-refractivity contribution in [1.82, 2.24) is 24.3 Å². The van der Waals surface area contributed by atoms with Crippen LogP contribution in [0.25, 0.3) is 11.3 Å². The number of carbonyl (C=O) groups is 3. The fourth-order valence-electron chi connectivity index (χ4n) is 9.98. The van der Waals surface area contributed by atoms with Crippen LogP contribution >= 0.6 is 0 Å². The zero-order valence-electron chi connectivity index (χ0n) is 38.7. The number of hydrogen-bond donors (Lipinski definition) is 1. The Morgan fingerprint density at radius 3 is 2.44 bits per heavy atom. The van der Waals surface area contributed by atoms with E-state index in [0.717, 1.165) is 6.20 Å². The molecule has 2 aromatic rings. The van der Waals surface area contributed by atoms with E-state index in [1.54, 1.807) is 38.4 Å². The summed E-state index contributed by atoms with van der Waals surface area (Å²) < 4.78 is 47.6. The molecule has 3 aliphatic heterocycles. The number of cyclic esters (lactones) is 1. The summed E-state index contributed by atoms with van der Waals surface area (Å²) in [4.78, 5) is 60.2. The van der Waals surface area contributed by atoms with Gasteiger partial charge in [0.2, 0.25) is 0 Å². The van der Waals surface area contributed by atoms with Crippen molar-refractivity contribution in [3.05, 3.63) is 36.8 Å². The number of rotatable bonds is 12. The zero-order chi connectivity index (χ0) is 45.8. The van der Waals surface area contributed by atoms with E-state index in [0.29, 0.717) is 42.8 Å². The van der Waals surface area contributed by atoms with Crippen LogP contribution in [0.2, 0.25) is 0 Å². The number of esters is 1. The van der Waals surface area contributed by atoms with Gasteiger partial charge in [-0.25, -0.2) is 14.2 Å². The Bertz CT molecular complexity index is 1900. The number of pyridine rings is 1. The second-order valence-electron chi connectivity index (χ2n) is 18.3. The first-order chi connectivity index (χ1) is 29.2. The Morgan fingerprint density at radius 2 is 1.81 bits per heavy atom. The number of Topliss-reactive ketones (excluding diaryl/α,β-unsaturated/α-hetero) is 1. The summed E-state index contributed by atoms with van der Waals surface area (Å²) in [6.45, 7) is 16.9. The van der Waals surface area contributed by atoms with Gasteiger partial charge in [-0.2, -0.15) is 0 Å². The molecule has 0 bridgehead atoms. The third-order valence-electron chi connectivity index (χ3n) is 13.5. The Balaban J connectivity index is 1.49. The molecule has 1 unspecified atom stereocenters. The number of nitrogens with zero attached hydrogens (tertiary/aromatic N) is 6. The fourth-order valence-corrected chi connectivity index (χ4v) is 9.98. The lowest BCUT2D eigenvalue weighted by Crippen LogP contribution is -2.60. The van der Waals surface area contributed by atoms with Gasteiger partial charge in [-0.15, -0.1) is 0 Å². The predicted octanol–water partition coefficient (Wildman–Crippen LogP) is 6.06. The normalized spacial score (nSPS) is 36.3. The number of carbonyl (C=O) groups excluding carboxylic acids is 3. The molecule has 5 heterocycles. The molecule has 3 fully saturated rings. The summed E-state index contributed by atoms with van der Waals surface area (Å²) in [5, 5.41) is 16.1. The van der Waals surface area contributed by atoms with Gasteiger partial charge in [0.05, 0.1) is 47.8 Å². The second-order valence-corrected chi connectivity index (χ2v) is 18.3. The minimum Gasteiger partial charge on any atom is -0.458 e. The third kappa shape index (κ3) is 10.2. The van der Waals surface area contributed by atoms with Crippen molar-refractivity contribution < 1.29 is 52.4 Å². The maximum absolute atomic E-state index is 14.5. The number of aromatic nitrogens is 3. The molecule has 0 radical (unpaired) electrons. The SMILES string of the molecule is CC[C@H]1OC(=O)[C@H](C)C(=O)[C@H](C)[C@@H](OC2O[C@H](C)C[C@H](N(C)C)[C@H]2O)[C@](C)(OC)C[C@@H](C)/C(=N\OC)[C@H](C)[C@H]2N(CCC[C@@H](C)n3cnc(-c4cncc(F)c4)c3)C(=O)O[C@]12C. The fraction of sp³-hybridized carbons (Fsp3) is 0.733. The monoisotopic (exact) mass is 873 g/mol. The molecule has 0 aliphatic carbocycles. The second kappa shape index (κ2) is 20.2. The smallest absolute Gasteiger partial charge is 0.410 e. The molecule has 17 heteroatoms.